The van der Waals surface area contributed by atoms with Crippen LogP contribution in [0.2, 0.25) is 0 Å². The molecule has 0 unspecified atom stereocenters. The minimum atomic E-state index is -0.967. The number of carbonyl (C=O) groups excluding carboxylic acids is 3. The number of para-hydroxylation sites is 1. The van der Waals surface area contributed by atoms with Gasteiger partial charge >= 0.3 is 6.03 Å². The van der Waals surface area contributed by atoms with Crippen LogP contribution in [-0.2, 0) is 16.1 Å². The van der Waals surface area contributed by atoms with Gasteiger partial charge < -0.3 is 24.4 Å². The average Bonchev–Trinajstić information content (AvgIpc) is 3.44. The summed E-state index contributed by atoms with van der Waals surface area (Å²) in [5.41, 5.74) is 1.78. The molecule has 184 valence electrons. The standard InChI is InChI=1S/C27H25N3O6/c1-2-34-21-11-9-19(10-12-21)28-25(31)15-22-26(32)30(20-6-4-3-5-7-20)27(33)29(22)16-18-8-13-23-24(14-18)36-17-35-23/h3-14,22H,2,15-17H2,1H3,(H,28,31)/t22-/m0/s1. The molecule has 4 amide bonds. The van der Waals surface area contributed by atoms with E-state index in [0.29, 0.717) is 35.2 Å². The Kier molecular flexibility index (Phi) is 6.44. The van der Waals surface area contributed by atoms with Crippen LogP contribution in [0.15, 0.2) is 72.8 Å². The maximum Gasteiger partial charge on any atom is 0.332 e. The predicted molar refractivity (Wildman–Crippen MR) is 132 cm³/mol. The van der Waals surface area contributed by atoms with E-state index in [-0.39, 0.29) is 25.7 Å². The lowest BCUT2D eigenvalue weighted by molar-refractivity contribution is -0.124. The van der Waals surface area contributed by atoms with Gasteiger partial charge in [-0.05, 0) is 61.0 Å². The Labute approximate surface area is 208 Å². The number of benzene rings is 3. The number of amides is 4. The van der Waals surface area contributed by atoms with Crippen LogP contribution in [0.4, 0.5) is 16.2 Å². The summed E-state index contributed by atoms with van der Waals surface area (Å²) in [6.07, 6.45) is -0.189. The van der Waals surface area contributed by atoms with Gasteiger partial charge in [0.2, 0.25) is 12.7 Å². The summed E-state index contributed by atoms with van der Waals surface area (Å²) in [5, 5.41) is 2.81. The highest BCUT2D eigenvalue weighted by atomic mass is 16.7. The number of anilines is 2. The molecule has 2 heterocycles. The highest BCUT2D eigenvalue weighted by Crippen LogP contribution is 2.34. The predicted octanol–water partition coefficient (Wildman–Crippen LogP) is 4.18. The van der Waals surface area contributed by atoms with E-state index in [0.717, 1.165) is 10.5 Å². The first-order chi connectivity index (χ1) is 17.5. The van der Waals surface area contributed by atoms with Crippen molar-refractivity contribution in [3.63, 3.8) is 0 Å². The zero-order valence-corrected chi connectivity index (χ0v) is 19.7. The van der Waals surface area contributed by atoms with Crippen molar-refractivity contribution in [3.05, 3.63) is 78.4 Å². The lowest BCUT2D eigenvalue weighted by atomic mass is 10.1. The van der Waals surface area contributed by atoms with E-state index in [1.54, 1.807) is 66.7 Å². The molecule has 36 heavy (non-hydrogen) atoms. The second-order valence-electron chi connectivity index (χ2n) is 8.33. The van der Waals surface area contributed by atoms with Gasteiger partial charge in [0.05, 0.1) is 18.7 Å². The Morgan fingerprint density at radius 3 is 2.50 bits per heavy atom. The highest BCUT2D eigenvalue weighted by Gasteiger charge is 2.46. The Balaban J connectivity index is 1.37. The van der Waals surface area contributed by atoms with E-state index >= 15 is 0 Å². The van der Waals surface area contributed by atoms with E-state index in [1.807, 2.05) is 13.0 Å². The number of ether oxygens (including phenoxy) is 3. The van der Waals surface area contributed by atoms with Crippen LogP contribution in [0, 0.1) is 0 Å². The minimum Gasteiger partial charge on any atom is -0.494 e. The summed E-state index contributed by atoms with van der Waals surface area (Å²) >= 11 is 0. The van der Waals surface area contributed by atoms with Crippen LogP contribution < -0.4 is 24.4 Å². The normalized spacial score (nSPS) is 16.4. The average molecular weight is 488 g/mol. The zero-order chi connectivity index (χ0) is 25.1. The molecule has 0 saturated carbocycles. The Bertz CT molecular complexity index is 1280. The molecular weight excluding hydrogens is 462 g/mol. The lowest BCUT2D eigenvalue weighted by Gasteiger charge is -2.22. The van der Waals surface area contributed by atoms with Crippen LogP contribution >= 0.6 is 0 Å². The van der Waals surface area contributed by atoms with Crippen molar-refractivity contribution in [2.24, 2.45) is 0 Å². The van der Waals surface area contributed by atoms with Gasteiger partial charge in [0.15, 0.2) is 11.5 Å². The summed E-state index contributed by atoms with van der Waals surface area (Å²) in [4.78, 5) is 42.4. The number of carbonyl (C=O) groups is 3. The third-order valence-electron chi connectivity index (χ3n) is 5.95. The van der Waals surface area contributed by atoms with Crippen LogP contribution in [0.1, 0.15) is 18.9 Å². The molecule has 2 aliphatic heterocycles. The summed E-state index contributed by atoms with van der Waals surface area (Å²) in [7, 11) is 0. The lowest BCUT2D eigenvalue weighted by Crippen LogP contribution is -2.37. The number of urea groups is 1. The molecule has 1 atom stereocenters. The molecule has 0 spiro atoms. The smallest absolute Gasteiger partial charge is 0.332 e. The zero-order valence-electron chi connectivity index (χ0n) is 19.7. The number of hydrogen-bond donors (Lipinski definition) is 1. The molecule has 3 aromatic rings. The highest BCUT2D eigenvalue weighted by molar-refractivity contribution is 6.22. The minimum absolute atomic E-state index is 0.131. The molecule has 5 rings (SSSR count). The van der Waals surface area contributed by atoms with E-state index < -0.39 is 18.0 Å². The van der Waals surface area contributed by atoms with Crippen molar-refractivity contribution in [2.45, 2.75) is 25.9 Å². The van der Waals surface area contributed by atoms with Crippen molar-refractivity contribution in [3.8, 4) is 17.2 Å². The van der Waals surface area contributed by atoms with E-state index in [1.165, 1.54) is 4.90 Å². The first kappa shape index (κ1) is 23.2. The van der Waals surface area contributed by atoms with Gasteiger partial charge in [-0.3, -0.25) is 9.59 Å². The third-order valence-corrected chi connectivity index (χ3v) is 5.95. The topological polar surface area (TPSA) is 97.4 Å². The van der Waals surface area contributed by atoms with Gasteiger partial charge in [0.25, 0.3) is 5.91 Å². The fourth-order valence-corrected chi connectivity index (χ4v) is 4.25. The number of nitrogens with zero attached hydrogens (tertiary/aromatic N) is 2. The molecular formula is C27H25N3O6. The maximum atomic E-state index is 13.4. The first-order valence-electron chi connectivity index (χ1n) is 11.6. The van der Waals surface area contributed by atoms with Gasteiger partial charge in [-0.1, -0.05) is 24.3 Å². The molecule has 0 aliphatic carbocycles. The molecule has 1 fully saturated rings. The fourth-order valence-electron chi connectivity index (χ4n) is 4.25. The number of hydrogen-bond acceptors (Lipinski definition) is 6. The van der Waals surface area contributed by atoms with Gasteiger partial charge in [0.1, 0.15) is 11.8 Å². The van der Waals surface area contributed by atoms with Crippen molar-refractivity contribution >= 4 is 29.2 Å². The van der Waals surface area contributed by atoms with E-state index in [9.17, 15) is 14.4 Å². The van der Waals surface area contributed by atoms with Gasteiger partial charge in [-0.2, -0.15) is 0 Å². The van der Waals surface area contributed by atoms with Crippen molar-refractivity contribution in [1.29, 1.82) is 0 Å². The SMILES string of the molecule is CCOc1ccc(NC(=O)C[C@H]2C(=O)N(c3ccccc3)C(=O)N2Cc2ccc3c(c2)OCO3)cc1. The number of imide groups is 1. The van der Waals surface area contributed by atoms with Crippen LogP contribution in [-0.4, -0.2) is 42.2 Å². The second kappa shape index (κ2) is 9.99. The largest absolute Gasteiger partial charge is 0.494 e. The van der Waals surface area contributed by atoms with Gasteiger partial charge in [-0.15, -0.1) is 0 Å². The molecule has 1 N–H and O–H groups in total. The summed E-state index contributed by atoms with van der Waals surface area (Å²) in [6.45, 7) is 2.70. The number of fused-ring (bicyclic) bond motifs is 1. The van der Waals surface area contributed by atoms with E-state index in [4.69, 9.17) is 14.2 Å². The molecule has 9 heteroatoms. The Morgan fingerprint density at radius 2 is 1.75 bits per heavy atom. The third kappa shape index (κ3) is 4.68. The Morgan fingerprint density at radius 1 is 1.00 bits per heavy atom. The van der Waals surface area contributed by atoms with Crippen LogP contribution in [0.3, 0.4) is 0 Å². The fraction of sp³-hybridized carbons (Fsp3) is 0.222. The van der Waals surface area contributed by atoms with Crippen molar-refractivity contribution in [2.75, 3.05) is 23.6 Å². The second-order valence-corrected chi connectivity index (χ2v) is 8.33. The molecule has 2 aliphatic rings. The molecule has 0 aromatic heterocycles. The van der Waals surface area contributed by atoms with Gasteiger partial charge in [-0.25, -0.2) is 9.69 Å². The molecule has 0 bridgehead atoms. The summed E-state index contributed by atoms with van der Waals surface area (Å²) < 4.78 is 16.2. The quantitative estimate of drug-likeness (QED) is 0.479. The van der Waals surface area contributed by atoms with Crippen LogP contribution in [0.25, 0.3) is 0 Å². The van der Waals surface area contributed by atoms with E-state index in [2.05, 4.69) is 5.32 Å². The summed E-state index contributed by atoms with van der Waals surface area (Å²) in [5.74, 6) is 1.07. The molecule has 0 radical (unpaired) electrons. The molecule has 9 nitrogen and oxygen atoms in total. The number of rotatable bonds is 8. The molecule has 3 aromatic carbocycles. The summed E-state index contributed by atoms with van der Waals surface area (Å²) in [6, 6.07) is 19.6. The van der Waals surface area contributed by atoms with Crippen molar-refractivity contribution in [1.82, 2.24) is 4.90 Å². The first-order valence-corrected chi connectivity index (χ1v) is 11.6. The molecule has 1 saturated heterocycles. The maximum absolute atomic E-state index is 13.4. The van der Waals surface area contributed by atoms with Crippen molar-refractivity contribution < 1.29 is 28.6 Å². The van der Waals surface area contributed by atoms with Gasteiger partial charge in [0, 0.05) is 12.2 Å². The number of nitrogens with one attached hydrogen (secondary N) is 1. The Hall–Kier alpha value is -4.53. The monoisotopic (exact) mass is 487 g/mol. The van der Waals surface area contributed by atoms with Crippen LogP contribution in [0.5, 0.6) is 17.2 Å².